The number of nitrogens with one attached hydrogen (secondary N) is 1. The van der Waals surface area contributed by atoms with E-state index in [2.05, 4.69) is 21.2 Å². The van der Waals surface area contributed by atoms with Gasteiger partial charge in [-0.05, 0) is 40.2 Å². The molecule has 1 aromatic rings. The number of amides is 1. The summed E-state index contributed by atoms with van der Waals surface area (Å²) in [6, 6.07) is 6.41. The SMILES string of the molecule is O=C(Nc1ccc(Cl)cc1)C(F)Br. The quantitative estimate of drug-likeness (QED) is 0.819. The summed E-state index contributed by atoms with van der Waals surface area (Å²) in [5.74, 6) is -0.734. The molecule has 0 aliphatic rings. The molecule has 0 heterocycles. The molecule has 0 bridgehead atoms. The summed E-state index contributed by atoms with van der Waals surface area (Å²) in [5.41, 5.74) is 0.511. The molecule has 0 radical (unpaired) electrons. The van der Waals surface area contributed by atoms with Crippen LogP contribution in [0.1, 0.15) is 0 Å². The van der Waals surface area contributed by atoms with Crippen LogP contribution >= 0.6 is 27.5 Å². The lowest BCUT2D eigenvalue weighted by molar-refractivity contribution is -0.117. The third-order valence-electron chi connectivity index (χ3n) is 1.31. The van der Waals surface area contributed by atoms with E-state index in [1.54, 1.807) is 24.3 Å². The van der Waals surface area contributed by atoms with E-state index in [4.69, 9.17) is 11.6 Å². The first-order chi connectivity index (χ1) is 6.09. The fourth-order valence-corrected chi connectivity index (χ4v) is 0.970. The van der Waals surface area contributed by atoms with E-state index in [0.717, 1.165) is 0 Å². The Bertz CT molecular complexity index is 302. The zero-order valence-corrected chi connectivity index (χ0v) is 8.77. The summed E-state index contributed by atoms with van der Waals surface area (Å²) in [5, 5.41) is 1.22. The van der Waals surface area contributed by atoms with Gasteiger partial charge in [-0.15, -0.1) is 0 Å². The maximum atomic E-state index is 12.3. The van der Waals surface area contributed by atoms with Crippen molar-refractivity contribution in [3.05, 3.63) is 29.3 Å². The van der Waals surface area contributed by atoms with Crippen molar-refractivity contribution in [1.82, 2.24) is 0 Å². The fraction of sp³-hybridized carbons (Fsp3) is 0.125. The molecule has 5 heteroatoms. The minimum Gasteiger partial charge on any atom is -0.323 e. The minimum atomic E-state index is -1.69. The monoisotopic (exact) mass is 265 g/mol. The van der Waals surface area contributed by atoms with E-state index in [0.29, 0.717) is 10.7 Å². The number of alkyl halides is 2. The molecule has 2 nitrogen and oxygen atoms in total. The predicted octanol–water partition coefficient (Wildman–Crippen LogP) is 2.97. The normalized spacial score (nSPS) is 12.2. The van der Waals surface area contributed by atoms with Crippen molar-refractivity contribution in [3.8, 4) is 0 Å². The van der Waals surface area contributed by atoms with Gasteiger partial charge in [0.2, 0.25) is 5.08 Å². The number of halogens is 3. The molecular formula is C8H6BrClFNO. The van der Waals surface area contributed by atoms with Crippen LogP contribution in [0.15, 0.2) is 24.3 Å². The first-order valence-electron chi connectivity index (χ1n) is 3.44. The Labute approximate surface area is 88.2 Å². The number of benzene rings is 1. The molecule has 0 aliphatic heterocycles. The van der Waals surface area contributed by atoms with Crippen LogP contribution in [-0.4, -0.2) is 11.0 Å². The average Bonchev–Trinajstić information content (AvgIpc) is 2.08. The van der Waals surface area contributed by atoms with Gasteiger partial charge in [-0.25, -0.2) is 4.39 Å². The van der Waals surface area contributed by atoms with Crippen molar-refractivity contribution >= 4 is 39.1 Å². The highest BCUT2D eigenvalue weighted by Crippen LogP contribution is 2.14. The Kier molecular flexibility index (Phi) is 3.69. The molecule has 1 N–H and O–H groups in total. The first-order valence-corrected chi connectivity index (χ1v) is 4.73. The van der Waals surface area contributed by atoms with Gasteiger partial charge in [0.1, 0.15) is 0 Å². The van der Waals surface area contributed by atoms with E-state index in [1.807, 2.05) is 0 Å². The molecule has 0 spiro atoms. The number of rotatable bonds is 2. The number of hydrogen-bond donors (Lipinski definition) is 1. The molecule has 1 atom stereocenters. The maximum absolute atomic E-state index is 12.3. The lowest BCUT2D eigenvalue weighted by Gasteiger charge is -2.04. The van der Waals surface area contributed by atoms with Gasteiger partial charge in [-0.2, -0.15) is 0 Å². The largest absolute Gasteiger partial charge is 0.323 e. The smallest absolute Gasteiger partial charge is 0.270 e. The minimum absolute atomic E-state index is 0.511. The summed E-state index contributed by atoms with van der Waals surface area (Å²) in [7, 11) is 0. The zero-order chi connectivity index (χ0) is 9.84. The summed E-state index contributed by atoms with van der Waals surface area (Å²) >= 11 is 8.12. The van der Waals surface area contributed by atoms with Gasteiger partial charge in [-0.3, -0.25) is 4.79 Å². The van der Waals surface area contributed by atoms with E-state index in [9.17, 15) is 9.18 Å². The molecule has 0 saturated heterocycles. The van der Waals surface area contributed by atoms with Crippen LogP contribution in [0.2, 0.25) is 5.02 Å². The zero-order valence-electron chi connectivity index (χ0n) is 6.43. The summed E-state index contributed by atoms with van der Waals surface area (Å²) < 4.78 is 12.3. The summed E-state index contributed by atoms with van der Waals surface area (Å²) in [6.45, 7) is 0. The number of hydrogen-bond acceptors (Lipinski definition) is 1. The molecule has 70 valence electrons. The molecule has 0 aromatic heterocycles. The molecule has 0 fully saturated rings. The van der Waals surface area contributed by atoms with Crippen molar-refractivity contribution in [1.29, 1.82) is 0 Å². The highest BCUT2D eigenvalue weighted by molar-refractivity contribution is 9.09. The number of anilines is 1. The third kappa shape index (κ3) is 3.32. The van der Waals surface area contributed by atoms with Crippen molar-refractivity contribution in [2.75, 3.05) is 5.32 Å². The van der Waals surface area contributed by atoms with Gasteiger partial charge < -0.3 is 5.32 Å². The Balaban J connectivity index is 2.65. The second-order valence-corrected chi connectivity index (χ2v) is 3.54. The second-order valence-electron chi connectivity index (χ2n) is 2.30. The average molecular weight is 266 g/mol. The van der Waals surface area contributed by atoms with Crippen LogP contribution in [0.4, 0.5) is 10.1 Å². The van der Waals surface area contributed by atoms with Crippen LogP contribution < -0.4 is 5.32 Å². The van der Waals surface area contributed by atoms with Gasteiger partial charge in [0, 0.05) is 10.7 Å². The maximum Gasteiger partial charge on any atom is 0.270 e. The Morgan fingerprint density at radius 2 is 2.00 bits per heavy atom. The lowest BCUT2D eigenvalue weighted by atomic mass is 10.3. The lowest BCUT2D eigenvalue weighted by Crippen LogP contribution is -2.18. The fourth-order valence-electron chi connectivity index (χ4n) is 0.730. The Hall–Kier alpha value is -0.610. The van der Waals surface area contributed by atoms with Gasteiger partial charge in [-0.1, -0.05) is 11.6 Å². The summed E-state index contributed by atoms with van der Waals surface area (Å²) in [4.78, 5) is 10.8. The molecule has 13 heavy (non-hydrogen) atoms. The van der Waals surface area contributed by atoms with Crippen LogP contribution in [0.5, 0.6) is 0 Å². The predicted molar refractivity (Wildman–Crippen MR) is 53.9 cm³/mol. The number of carbonyl (C=O) groups excluding carboxylic acids is 1. The van der Waals surface area contributed by atoms with Crippen molar-refractivity contribution in [3.63, 3.8) is 0 Å². The van der Waals surface area contributed by atoms with E-state index >= 15 is 0 Å². The molecular weight excluding hydrogens is 260 g/mol. The summed E-state index contributed by atoms with van der Waals surface area (Å²) in [6.07, 6.45) is 0. The van der Waals surface area contributed by atoms with Crippen LogP contribution in [0.25, 0.3) is 0 Å². The van der Waals surface area contributed by atoms with Gasteiger partial charge in [0.15, 0.2) is 0 Å². The molecule has 1 amide bonds. The van der Waals surface area contributed by atoms with E-state index in [-0.39, 0.29) is 0 Å². The molecule has 1 aromatic carbocycles. The third-order valence-corrected chi connectivity index (χ3v) is 1.98. The van der Waals surface area contributed by atoms with E-state index < -0.39 is 11.0 Å². The highest BCUT2D eigenvalue weighted by Gasteiger charge is 2.11. The molecule has 1 unspecified atom stereocenters. The van der Waals surface area contributed by atoms with Gasteiger partial charge in [0.05, 0.1) is 0 Å². The van der Waals surface area contributed by atoms with Crippen LogP contribution in [0, 0.1) is 0 Å². The van der Waals surface area contributed by atoms with Gasteiger partial charge in [0.25, 0.3) is 5.91 Å². The second kappa shape index (κ2) is 4.58. The molecule has 1 rings (SSSR count). The standard InChI is InChI=1S/C8H6BrClFNO/c9-7(11)8(13)12-6-3-1-5(10)2-4-6/h1-4,7H,(H,12,13). The number of carbonyl (C=O) groups is 1. The molecule has 0 saturated carbocycles. The van der Waals surface area contributed by atoms with E-state index in [1.165, 1.54) is 0 Å². The molecule has 0 aliphatic carbocycles. The van der Waals surface area contributed by atoms with Crippen LogP contribution in [-0.2, 0) is 4.79 Å². The highest BCUT2D eigenvalue weighted by atomic mass is 79.9. The van der Waals surface area contributed by atoms with Crippen molar-refractivity contribution in [2.24, 2.45) is 0 Å². The Morgan fingerprint density at radius 1 is 1.46 bits per heavy atom. The van der Waals surface area contributed by atoms with Crippen LogP contribution in [0.3, 0.4) is 0 Å². The topological polar surface area (TPSA) is 29.1 Å². The van der Waals surface area contributed by atoms with Gasteiger partial charge >= 0.3 is 0 Å². The van der Waals surface area contributed by atoms with Crippen molar-refractivity contribution < 1.29 is 9.18 Å². The Morgan fingerprint density at radius 3 is 2.46 bits per heavy atom. The first kappa shape index (κ1) is 10.5. The van der Waals surface area contributed by atoms with Crippen molar-refractivity contribution in [2.45, 2.75) is 5.08 Å².